The van der Waals surface area contributed by atoms with E-state index in [4.69, 9.17) is 4.74 Å². The summed E-state index contributed by atoms with van der Waals surface area (Å²) in [5.41, 5.74) is 0. The average Bonchev–Trinajstić information content (AvgIpc) is 3.01. The van der Waals surface area contributed by atoms with Crippen LogP contribution in [0.25, 0.3) is 0 Å². The number of hydrogen-bond donors (Lipinski definition) is 1. The zero-order valence-corrected chi connectivity index (χ0v) is 10.2. The molecular formula is C12H22N2O2. The number of likely N-dealkylation sites (tertiary alicyclic amines) is 1. The predicted octanol–water partition coefficient (Wildman–Crippen LogP) is 1.61. The molecule has 0 radical (unpaired) electrons. The number of carbonyl (C=O) groups excluding carboxylic acids is 1. The Morgan fingerprint density at radius 3 is 2.75 bits per heavy atom. The van der Waals surface area contributed by atoms with Gasteiger partial charge in [-0.1, -0.05) is 6.92 Å². The molecule has 1 saturated heterocycles. The molecule has 2 unspecified atom stereocenters. The molecule has 4 nitrogen and oxygen atoms in total. The highest BCUT2D eigenvalue weighted by molar-refractivity contribution is 5.67. The third-order valence-electron chi connectivity index (χ3n) is 3.23. The first-order valence-corrected chi connectivity index (χ1v) is 6.36. The van der Waals surface area contributed by atoms with Gasteiger partial charge >= 0.3 is 6.09 Å². The number of ether oxygens (including phenoxy) is 1. The van der Waals surface area contributed by atoms with Crippen LogP contribution in [-0.4, -0.2) is 42.8 Å². The third kappa shape index (κ3) is 3.11. The Balaban J connectivity index is 1.85. The highest BCUT2D eigenvalue weighted by Gasteiger charge is 2.32. The van der Waals surface area contributed by atoms with Crippen LogP contribution in [0.1, 0.15) is 33.1 Å². The van der Waals surface area contributed by atoms with Gasteiger partial charge in [-0.15, -0.1) is 0 Å². The van der Waals surface area contributed by atoms with E-state index in [1.165, 1.54) is 19.3 Å². The fourth-order valence-electron chi connectivity index (χ4n) is 2.42. The Morgan fingerprint density at radius 2 is 2.12 bits per heavy atom. The summed E-state index contributed by atoms with van der Waals surface area (Å²) in [5, 5.41) is 3.60. The second-order valence-corrected chi connectivity index (χ2v) is 5.08. The van der Waals surface area contributed by atoms with Crippen molar-refractivity contribution in [1.29, 1.82) is 0 Å². The van der Waals surface area contributed by atoms with Gasteiger partial charge in [0, 0.05) is 25.2 Å². The van der Waals surface area contributed by atoms with Gasteiger partial charge in [0.1, 0.15) is 0 Å². The summed E-state index contributed by atoms with van der Waals surface area (Å²) in [7, 11) is 0. The minimum atomic E-state index is -0.156. The van der Waals surface area contributed by atoms with Crippen molar-refractivity contribution >= 4 is 6.09 Å². The Kier molecular flexibility index (Phi) is 3.69. The molecular weight excluding hydrogens is 204 g/mol. The average molecular weight is 226 g/mol. The molecule has 1 aliphatic heterocycles. The Morgan fingerprint density at radius 1 is 1.38 bits per heavy atom. The lowest BCUT2D eigenvalue weighted by atomic mass is 9.96. The number of nitrogens with zero attached hydrogens (tertiary/aromatic N) is 1. The monoisotopic (exact) mass is 226 g/mol. The van der Waals surface area contributed by atoms with Gasteiger partial charge in [-0.2, -0.15) is 0 Å². The van der Waals surface area contributed by atoms with Gasteiger partial charge in [0.05, 0.1) is 6.61 Å². The lowest BCUT2D eigenvalue weighted by Gasteiger charge is -2.36. The maximum Gasteiger partial charge on any atom is 0.409 e. The molecule has 4 heteroatoms. The Bertz CT molecular complexity index is 251. The van der Waals surface area contributed by atoms with Gasteiger partial charge in [0.15, 0.2) is 0 Å². The van der Waals surface area contributed by atoms with Crippen LogP contribution in [0.2, 0.25) is 0 Å². The summed E-state index contributed by atoms with van der Waals surface area (Å²) in [6.45, 7) is 6.16. The van der Waals surface area contributed by atoms with Crippen LogP contribution in [0.3, 0.4) is 0 Å². The van der Waals surface area contributed by atoms with E-state index in [2.05, 4.69) is 12.2 Å². The van der Waals surface area contributed by atoms with Crippen molar-refractivity contribution in [3.05, 3.63) is 0 Å². The number of piperidine rings is 1. The first-order chi connectivity index (χ1) is 7.69. The lowest BCUT2D eigenvalue weighted by Crippen LogP contribution is -2.51. The molecule has 2 rings (SSSR count). The van der Waals surface area contributed by atoms with Crippen LogP contribution >= 0.6 is 0 Å². The smallest absolute Gasteiger partial charge is 0.409 e. The fraction of sp³-hybridized carbons (Fsp3) is 0.917. The van der Waals surface area contributed by atoms with E-state index in [0.29, 0.717) is 24.6 Å². The van der Waals surface area contributed by atoms with Gasteiger partial charge in [0.2, 0.25) is 0 Å². The van der Waals surface area contributed by atoms with E-state index in [9.17, 15) is 4.79 Å². The molecule has 0 aromatic heterocycles. The first-order valence-electron chi connectivity index (χ1n) is 6.36. The molecule has 2 fully saturated rings. The molecule has 0 bridgehead atoms. The van der Waals surface area contributed by atoms with Gasteiger partial charge in [-0.25, -0.2) is 4.79 Å². The molecule has 0 aromatic rings. The van der Waals surface area contributed by atoms with Crippen LogP contribution in [-0.2, 0) is 4.74 Å². The van der Waals surface area contributed by atoms with Crippen LogP contribution in [0.4, 0.5) is 4.79 Å². The number of nitrogens with one attached hydrogen (secondary N) is 1. The van der Waals surface area contributed by atoms with Crippen molar-refractivity contribution in [2.24, 2.45) is 5.92 Å². The zero-order valence-electron chi connectivity index (χ0n) is 10.2. The normalized spacial score (nSPS) is 30.2. The highest BCUT2D eigenvalue weighted by Crippen LogP contribution is 2.23. The molecule has 1 heterocycles. The zero-order chi connectivity index (χ0) is 11.5. The maximum absolute atomic E-state index is 11.7. The Hall–Kier alpha value is -0.770. The van der Waals surface area contributed by atoms with E-state index in [1.54, 1.807) is 0 Å². The summed E-state index contributed by atoms with van der Waals surface area (Å²) >= 11 is 0. The predicted molar refractivity (Wildman–Crippen MR) is 62.3 cm³/mol. The molecule has 1 amide bonds. The summed E-state index contributed by atoms with van der Waals surface area (Å²) in [5.74, 6) is 0.564. The Labute approximate surface area is 97.3 Å². The summed E-state index contributed by atoms with van der Waals surface area (Å²) in [6, 6.07) is 1.17. The molecule has 1 aliphatic carbocycles. The molecule has 0 aromatic carbocycles. The number of amides is 1. The standard InChI is InChI=1S/C12H22N2O2/c1-3-16-12(15)14-7-9(2)6-11(8-14)13-10-4-5-10/h9-11,13H,3-8H2,1-2H3. The number of carbonyl (C=O) groups is 1. The summed E-state index contributed by atoms with van der Waals surface area (Å²) < 4.78 is 5.06. The van der Waals surface area contributed by atoms with Crippen LogP contribution in [0, 0.1) is 5.92 Å². The summed E-state index contributed by atoms with van der Waals surface area (Å²) in [6.07, 6.45) is 3.61. The van der Waals surface area contributed by atoms with Crippen molar-refractivity contribution in [2.45, 2.75) is 45.2 Å². The van der Waals surface area contributed by atoms with E-state index in [-0.39, 0.29) is 6.09 Å². The largest absolute Gasteiger partial charge is 0.450 e. The maximum atomic E-state index is 11.7. The van der Waals surface area contributed by atoms with Gasteiger partial charge in [0.25, 0.3) is 0 Å². The van der Waals surface area contributed by atoms with Crippen LogP contribution in [0.5, 0.6) is 0 Å². The van der Waals surface area contributed by atoms with E-state index >= 15 is 0 Å². The van der Waals surface area contributed by atoms with Gasteiger partial charge in [-0.3, -0.25) is 0 Å². The third-order valence-corrected chi connectivity index (χ3v) is 3.23. The lowest BCUT2D eigenvalue weighted by molar-refractivity contribution is 0.0812. The van der Waals surface area contributed by atoms with Crippen molar-refractivity contribution < 1.29 is 9.53 Å². The van der Waals surface area contributed by atoms with Gasteiger partial charge < -0.3 is 15.0 Å². The molecule has 2 aliphatic rings. The quantitative estimate of drug-likeness (QED) is 0.795. The minimum absolute atomic E-state index is 0.156. The van der Waals surface area contributed by atoms with Gasteiger partial charge in [-0.05, 0) is 32.1 Å². The second kappa shape index (κ2) is 5.04. The molecule has 16 heavy (non-hydrogen) atoms. The fourth-order valence-corrected chi connectivity index (χ4v) is 2.42. The molecule has 1 saturated carbocycles. The van der Waals surface area contributed by atoms with Crippen molar-refractivity contribution in [3.63, 3.8) is 0 Å². The van der Waals surface area contributed by atoms with Crippen molar-refractivity contribution in [1.82, 2.24) is 10.2 Å². The van der Waals surface area contributed by atoms with E-state index < -0.39 is 0 Å². The summed E-state index contributed by atoms with van der Waals surface area (Å²) in [4.78, 5) is 13.5. The minimum Gasteiger partial charge on any atom is -0.450 e. The molecule has 2 atom stereocenters. The van der Waals surface area contributed by atoms with Crippen LogP contribution in [0.15, 0.2) is 0 Å². The first kappa shape index (κ1) is 11.7. The number of rotatable bonds is 3. The molecule has 1 N–H and O–H groups in total. The molecule has 92 valence electrons. The van der Waals surface area contributed by atoms with Crippen LogP contribution < -0.4 is 5.32 Å². The van der Waals surface area contributed by atoms with E-state index in [1.807, 2.05) is 11.8 Å². The second-order valence-electron chi connectivity index (χ2n) is 5.08. The number of hydrogen-bond acceptors (Lipinski definition) is 3. The highest BCUT2D eigenvalue weighted by atomic mass is 16.6. The topological polar surface area (TPSA) is 41.6 Å². The van der Waals surface area contributed by atoms with E-state index in [0.717, 1.165) is 13.1 Å². The SMILES string of the molecule is CCOC(=O)N1CC(C)CC(NC2CC2)C1. The molecule has 0 spiro atoms. The van der Waals surface area contributed by atoms with Crippen molar-refractivity contribution in [2.75, 3.05) is 19.7 Å². The van der Waals surface area contributed by atoms with Crippen molar-refractivity contribution in [3.8, 4) is 0 Å².